The predicted octanol–water partition coefficient (Wildman–Crippen LogP) is 2.37. The predicted molar refractivity (Wildman–Crippen MR) is 126 cm³/mol. The molecule has 0 aliphatic heterocycles. The third-order valence-corrected chi connectivity index (χ3v) is 5.43. The van der Waals surface area contributed by atoms with Crippen LogP contribution in [0.4, 0.5) is 10.5 Å². The van der Waals surface area contributed by atoms with Crippen LogP contribution >= 0.6 is 0 Å². The first-order chi connectivity index (χ1) is 16.9. The number of fused-ring (bicyclic) bond motifs is 3. The number of aliphatic carboxylic acids is 1. The molecule has 4 rings (SSSR count). The molecule has 3 aromatic rings. The highest BCUT2D eigenvalue weighted by Gasteiger charge is 2.29. The number of carboxylic acid groups (broad SMARTS) is 1. The fourth-order valence-electron chi connectivity index (χ4n) is 3.84. The summed E-state index contributed by atoms with van der Waals surface area (Å²) >= 11 is 0. The molecule has 0 atom stereocenters. The lowest BCUT2D eigenvalue weighted by atomic mass is 9.98. The average molecular weight is 474 g/mol. The van der Waals surface area contributed by atoms with Gasteiger partial charge in [-0.15, -0.1) is 0 Å². The molecule has 10 nitrogen and oxygen atoms in total. The van der Waals surface area contributed by atoms with Gasteiger partial charge in [-0.05, 0) is 34.4 Å². The first kappa shape index (κ1) is 23.4. The van der Waals surface area contributed by atoms with Crippen LogP contribution in [0.2, 0.25) is 0 Å². The summed E-state index contributed by atoms with van der Waals surface area (Å²) < 4.78 is 5.48. The molecular formula is C25H22N4O6. The van der Waals surface area contributed by atoms with Gasteiger partial charge in [0.15, 0.2) is 0 Å². The lowest BCUT2D eigenvalue weighted by molar-refractivity contribution is -0.137. The van der Waals surface area contributed by atoms with E-state index in [1.54, 1.807) is 0 Å². The van der Waals surface area contributed by atoms with E-state index >= 15 is 0 Å². The van der Waals surface area contributed by atoms with Gasteiger partial charge in [-0.25, -0.2) is 9.78 Å². The van der Waals surface area contributed by atoms with Crippen molar-refractivity contribution in [2.24, 2.45) is 0 Å². The molecule has 0 bridgehead atoms. The number of amides is 3. The zero-order chi connectivity index (χ0) is 24.8. The van der Waals surface area contributed by atoms with E-state index in [4.69, 9.17) is 9.84 Å². The van der Waals surface area contributed by atoms with Crippen LogP contribution in [0.15, 0.2) is 66.9 Å². The van der Waals surface area contributed by atoms with Crippen LogP contribution in [0.25, 0.3) is 11.1 Å². The summed E-state index contributed by atoms with van der Waals surface area (Å²) in [6.07, 6.45) is 0.641. The first-order valence-electron chi connectivity index (χ1n) is 10.8. The van der Waals surface area contributed by atoms with E-state index in [1.807, 2.05) is 36.4 Å². The Bertz CT molecular complexity index is 1230. The van der Waals surface area contributed by atoms with Crippen molar-refractivity contribution < 1.29 is 29.0 Å². The molecule has 178 valence electrons. The van der Waals surface area contributed by atoms with Crippen molar-refractivity contribution in [3.63, 3.8) is 0 Å². The van der Waals surface area contributed by atoms with Crippen LogP contribution in [0.1, 0.15) is 27.5 Å². The van der Waals surface area contributed by atoms with E-state index in [2.05, 4.69) is 33.1 Å². The van der Waals surface area contributed by atoms with Crippen molar-refractivity contribution in [2.45, 2.75) is 5.92 Å². The normalized spacial score (nSPS) is 11.7. The Morgan fingerprint density at radius 1 is 0.857 bits per heavy atom. The molecule has 0 fully saturated rings. The van der Waals surface area contributed by atoms with Crippen LogP contribution in [0, 0.1) is 0 Å². The van der Waals surface area contributed by atoms with Gasteiger partial charge in [-0.2, -0.15) is 0 Å². The van der Waals surface area contributed by atoms with E-state index in [-0.39, 0.29) is 18.2 Å². The smallest absolute Gasteiger partial charge is 0.411 e. The number of nitrogens with one attached hydrogen (secondary N) is 3. The summed E-state index contributed by atoms with van der Waals surface area (Å²) in [7, 11) is 0. The first-order valence-corrected chi connectivity index (χ1v) is 10.8. The zero-order valence-electron chi connectivity index (χ0n) is 18.5. The highest BCUT2D eigenvalue weighted by Crippen LogP contribution is 2.44. The molecule has 0 unspecified atom stereocenters. The van der Waals surface area contributed by atoms with Gasteiger partial charge in [0.2, 0.25) is 5.91 Å². The van der Waals surface area contributed by atoms with E-state index < -0.39 is 37.0 Å². The molecule has 0 radical (unpaired) electrons. The molecule has 1 aliphatic carbocycles. The molecule has 1 aliphatic rings. The molecule has 1 aromatic heterocycles. The van der Waals surface area contributed by atoms with Gasteiger partial charge in [-0.1, -0.05) is 48.5 Å². The Balaban J connectivity index is 1.29. The molecule has 3 amide bonds. The van der Waals surface area contributed by atoms with Crippen LogP contribution in [-0.4, -0.2) is 53.7 Å². The molecule has 0 saturated carbocycles. The summed E-state index contributed by atoms with van der Waals surface area (Å²) in [6.45, 7) is -0.769. The zero-order valence-corrected chi connectivity index (χ0v) is 18.5. The van der Waals surface area contributed by atoms with Gasteiger partial charge in [0, 0.05) is 5.92 Å². The van der Waals surface area contributed by atoms with Crippen molar-refractivity contribution in [1.29, 1.82) is 0 Å². The van der Waals surface area contributed by atoms with Gasteiger partial charge in [-0.3, -0.25) is 19.7 Å². The standard InChI is InChI=1S/C25H22N4O6/c30-22(27-13-23(31)32)12-28-24(33)21-10-9-15(11-26-21)29-25(34)35-14-20-18-7-3-1-5-16(18)17-6-2-4-8-19(17)20/h1-11,20H,12-14H2,(H,27,30)(H,28,33)(H,29,34)(H,31,32). The average Bonchev–Trinajstić information content (AvgIpc) is 3.19. The fraction of sp³-hybridized carbons (Fsp3) is 0.160. The number of aromatic nitrogens is 1. The number of anilines is 1. The van der Waals surface area contributed by atoms with Crippen LogP contribution < -0.4 is 16.0 Å². The SMILES string of the molecule is O=C(O)CNC(=O)CNC(=O)c1ccc(NC(=O)OCC2c3ccccc3-c3ccccc32)cn1. The second-order valence-corrected chi connectivity index (χ2v) is 7.74. The van der Waals surface area contributed by atoms with Crippen molar-refractivity contribution in [3.8, 4) is 11.1 Å². The number of rotatable bonds is 8. The molecule has 1 heterocycles. The summed E-state index contributed by atoms with van der Waals surface area (Å²) in [5.74, 6) is -2.52. The Hall–Kier alpha value is -4.73. The van der Waals surface area contributed by atoms with E-state index in [9.17, 15) is 19.2 Å². The summed E-state index contributed by atoms with van der Waals surface area (Å²) in [5, 5.41) is 15.6. The van der Waals surface area contributed by atoms with Gasteiger partial charge < -0.3 is 20.5 Å². The highest BCUT2D eigenvalue weighted by molar-refractivity contribution is 5.95. The second-order valence-electron chi connectivity index (χ2n) is 7.74. The number of ether oxygens (including phenoxy) is 1. The fourth-order valence-corrected chi connectivity index (χ4v) is 3.84. The number of hydrogen-bond acceptors (Lipinski definition) is 6. The van der Waals surface area contributed by atoms with E-state index in [1.165, 1.54) is 18.3 Å². The number of pyridine rings is 1. The maximum Gasteiger partial charge on any atom is 0.411 e. The molecule has 35 heavy (non-hydrogen) atoms. The maximum absolute atomic E-state index is 12.4. The number of carbonyl (C=O) groups is 4. The second kappa shape index (κ2) is 10.5. The Kier molecular flexibility index (Phi) is 7.01. The summed E-state index contributed by atoms with van der Waals surface area (Å²) in [6, 6.07) is 18.9. The largest absolute Gasteiger partial charge is 0.480 e. The topological polar surface area (TPSA) is 147 Å². The van der Waals surface area contributed by atoms with Crippen LogP contribution in [0.3, 0.4) is 0 Å². The Morgan fingerprint density at radius 2 is 1.51 bits per heavy atom. The minimum absolute atomic E-state index is 0.0223. The third-order valence-electron chi connectivity index (χ3n) is 5.43. The van der Waals surface area contributed by atoms with Gasteiger partial charge in [0.25, 0.3) is 5.91 Å². The van der Waals surface area contributed by atoms with Crippen molar-refractivity contribution in [3.05, 3.63) is 83.7 Å². The molecule has 0 spiro atoms. The van der Waals surface area contributed by atoms with Crippen LogP contribution in [0.5, 0.6) is 0 Å². The van der Waals surface area contributed by atoms with E-state index in [0.717, 1.165) is 22.3 Å². The molecule has 4 N–H and O–H groups in total. The molecular weight excluding hydrogens is 452 g/mol. The van der Waals surface area contributed by atoms with Gasteiger partial charge in [0.05, 0.1) is 18.4 Å². The number of carbonyl (C=O) groups excluding carboxylic acids is 3. The lowest BCUT2D eigenvalue weighted by Crippen LogP contribution is -2.39. The monoisotopic (exact) mass is 474 g/mol. The Labute approximate surface area is 200 Å². The number of benzene rings is 2. The molecule has 10 heteroatoms. The van der Waals surface area contributed by atoms with Crippen molar-refractivity contribution >= 4 is 29.6 Å². The van der Waals surface area contributed by atoms with Crippen LogP contribution in [-0.2, 0) is 14.3 Å². The Morgan fingerprint density at radius 3 is 2.11 bits per heavy atom. The van der Waals surface area contributed by atoms with Crippen molar-refractivity contribution in [2.75, 3.05) is 25.0 Å². The van der Waals surface area contributed by atoms with Crippen molar-refractivity contribution in [1.82, 2.24) is 15.6 Å². The minimum Gasteiger partial charge on any atom is -0.480 e. The number of hydrogen-bond donors (Lipinski definition) is 4. The minimum atomic E-state index is -1.19. The quantitative estimate of drug-likeness (QED) is 0.392. The number of nitrogens with zero attached hydrogens (tertiary/aromatic N) is 1. The number of carboxylic acids is 1. The highest BCUT2D eigenvalue weighted by atomic mass is 16.5. The molecule has 0 saturated heterocycles. The maximum atomic E-state index is 12.4. The third kappa shape index (κ3) is 5.61. The van der Waals surface area contributed by atoms with E-state index in [0.29, 0.717) is 5.69 Å². The summed E-state index contributed by atoms with van der Waals surface area (Å²) in [5.41, 5.74) is 4.83. The lowest BCUT2D eigenvalue weighted by Gasteiger charge is -2.14. The van der Waals surface area contributed by atoms with Gasteiger partial charge in [0.1, 0.15) is 18.8 Å². The molecule has 2 aromatic carbocycles. The van der Waals surface area contributed by atoms with Gasteiger partial charge >= 0.3 is 12.1 Å². The summed E-state index contributed by atoms with van der Waals surface area (Å²) in [4.78, 5) is 50.3.